The molecule has 0 bridgehead atoms. The van der Waals surface area contributed by atoms with Crippen molar-refractivity contribution in [1.29, 1.82) is 0 Å². The van der Waals surface area contributed by atoms with Crippen LogP contribution in [-0.2, 0) is 5.41 Å². The summed E-state index contributed by atoms with van der Waals surface area (Å²) in [5.74, 6) is 0. The molecule has 0 amide bonds. The predicted molar refractivity (Wildman–Crippen MR) is 66.3 cm³/mol. The second-order valence-electron chi connectivity index (χ2n) is 5.15. The first kappa shape index (κ1) is 10.8. The Morgan fingerprint density at radius 3 is 2.67 bits per heavy atom. The molecule has 82 valence electrons. The molecule has 3 heteroatoms. The molecule has 0 fully saturated rings. The molecule has 2 rings (SSSR count). The Morgan fingerprint density at radius 1 is 1.47 bits per heavy atom. The third-order valence-electron chi connectivity index (χ3n) is 2.54. The first-order valence-electron chi connectivity index (χ1n) is 5.37. The summed E-state index contributed by atoms with van der Waals surface area (Å²) in [5.41, 5.74) is 2.66. The highest BCUT2D eigenvalue weighted by molar-refractivity contribution is 7.09. The van der Waals surface area contributed by atoms with E-state index in [0.29, 0.717) is 6.04 Å². The van der Waals surface area contributed by atoms with Crippen LogP contribution in [0.2, 0.25) is 0 Å². The SMILES string of the molecule is C[C@H]1C=C(c2csc(C(C)(C)C)n2)CN1. The van der Waals surface area contributed by atoms with E-state index in [1.54, 1.807) is 11.3 Å². The molecule has 1 aromatic heterocycles. The van der Waals surface area contributed by atoms with E-state index in [-0.39, 0.29) is 5.41 Å². The van der Waals surface area contributed by atoms with Crippen LogP contribution in [0.1, 0.15) is 38.4 Å². The van der Waals surface area contributed by atoms with Crippen molar-refractivity contribution in [1.82, 2.24) is 10.3 Å². The summed E-state index contributed by atoms with van der Waals surface area (Å²) in [4.78, 5) is 4.71. The van der Waals surface area contributed by atoms with Gasteiger partial charge in [-0.3, -0.25) is 0 Å². The topological polar surface area (TPSA) is 24.9 Å². The average molecular weight is 222 g/mol. The number of hydrogen-bond acceptors (Lipinski definition) is 3. The third-order valence-corrected chi connectivity index (χ3v) is 3.81. The molecule has 0 aliphatic carbocycles. The van der Waals surface area contributed by atoms with Gasteiger partial charge in [-0.25, -0.2) is 4.98 Å². The minimum absolute atomic E-state index is 0.168. The van der Waals surface area contributed by atoms with Gasteiger partial charge in [0.15, 0.2) is 0 Å². The fourth-order valence-corrected chi connectivity index (χ4v) is 2.56. The van der Waals surface area contributed by atoms with E-state index >= 15 is 0 Å². The van der Waals surface area contributed by atoms with Crippen LogP contribution in [-0.4, -0.2) is 17.6 Å². The molecule has 1 atom stereocenters. The molecule has 2 heterocycles. The fourth-order valence-electron chi connectivity index (χ4n) is 1.63. The summed E-state index contributed by atoms with van der Waals surface area (Å²) in [6, 6.07) is 0.486. The number of aromatic nitrogens is 1. The Kier molecular flexibility index (Phi) is 2.69. The van der Waals surface area contributed by atoms with E-state index in [0.717, 1.165) is 12.2 Å². The summed E-state index contributed by atoms with van der Waals surface area (Å²) in [5, 5.41) is 6.78. The first-order valence-corrected chi connectivity index (χ1v) is 6.25. The van der Waals surface area contributed by atoms with E-state index in [1.807, 2.05) is 0 Å². The van der Waals surface area contributed by atoms with Crippen molar-refractivity contribution < 1.29 is 0 Å². The van der Waals surface area contributed by atoms with Gasteiger partial charge in [-0.1, -0.05) is 26.8 Å². The molecule has 15 heavy (non-hydrogen) atoms. The number of nitrogens with one attached hydrogen (secondary N) is 1. The summed E-state index contributed by atoms with van der Waals surface area (Å²) in [7, 11) is 0. The zero-order valence-corrected chi connectivity index (χ0v) is 10.6. The van der Waals surface area contributed by atoms with Crippen molar-refractivity contribution in [2.24, 2.45) is 0 Å². The highest BCUT2D eigenvalue weighted by atomic mass is 32.1. The van der Waals surface area contributed by atoms with Crippen molar-refractivity contribution in [2.75, 3.05) is 6.54 Å². The lowest BCUT2D eigenvalue weighted by atomic mass is 9.98. The standard InChI is InChI=1S/C12H18N2S/c1-8-5-9(6-13-8)10-7-15-11(14-10)12(2,3)4/h5,7-8,13H,6H2,1-4H3/t8-/m0/s1. The first-order chi connectivity index (χ1) is 6.97. The van der Waals surface area contributed by atoms with E-state index in [1.165, 1.54) is 10.6 Å². The van der Waals surface area contributed by atoms with Gasteiger partial charge in [0.05, 0.1) is 10.7 Å². The molecular formula is C12H18N2S. The third kappa shape index (κ3) is 2.29. The van der Waals surface area contributed by atoms with Gasteiger partial charge in [0.2, 0.25) is 0 Å². The molecule has 0 spiro atoms. The van der Waals surface area contributed by atoms with E-state index in [9.17, 15) is 0 Å². The monoisotopic (exact) mass is 222 g/mol. The smallest absolute Gasteiger partial charge is 0.0986 e. The highest BCUT2D eigenvalue weighted by Gasteiger charge is 2.20. The second-order valence-corrected chi connectivity index (χ2v) is 6.01. The maximum Gasteiger partial charge on any atom is 0.0986 e. The van der Waals surface area contributed by atoms with Crippen molar-refractivity contribution in [3.8, 4) is 0 Å². The van der Waals surface area contributed by atoms with Gasteiger partial charge >= 0.3 is 0 Å². The summed E-state index contributed by atoms with van der Waals surface area (Å²) in [6.07, 6.45) is 2.27. The van der Waals surface area contributed by atoms with Crippen LogP contribution >= 0.6 is 11.3 Å². The molecule has 1 aromatic rings. The molecule has 1 aliphatic rings. The lowest BCUT2D eigenvalue weighted by Crippen LogP contribution is -2.17. The molecule has 0 unspecified atom stereocenters. The largest absolute Gasteiger partial charge is 0.307 e. The van der Waals surface area contributed by atoms with Gasteiger partial charge in [0.25, 0.3) is 0 Å². The Balaban J connectivity index is 2.25. The van der Waals surface area contributed by atoms with Gasteiger partial charge in [0.1, 0.15) is 0 Å². The Bertz CT molecular complexity index is 385. The zero-order chi connectivity index (χ0) is 11.1. The molecule has 0 saturated heterocycles. The summed E-state index contributed by atoms with van der Waals surface area (Å²) < 4.78 is 0. The van der Waals surface area contributed by atoms with Crippen LogP contribution in [0.3, 0.4) is 0 Å². The predicted octanol–water partition coefficient (Wildman–Crippen LogP) is 2.82. The second kappa shape index (κ2) is 3.72. The van der Waals surface area contributed by atoms with Crippen LogP contribution in [0, 0.1) is 0 Å². The lowest BCUT2D eigenvalue weighted by molar-refractivity contribution is 0.585. The van der Waals surface area contributed by atoms with Crippen molar-refractivity contribution in [3.63, 3.8) is 0 Å². The fraction of sp³-hybridized carbons (Fsp3) is 0.583. The average Bonchev–Trinajstić information content (AvgIpc) is 2.69. The Labute approximate surface area is 95.4 Å². The normalized spacial score (nSPS) is 21.9. The van der Waals surface area contributed by atoms with Crippen LogP contribution in [0.5, 0.6) is 0 Å². The van der Waals surface area contributed by atoms with E-state index in [2.05, 4.69) is 44.5 Å². The molecule has 1 aliphatic heterocycles. The molecule has 1 N–H and O–H groups in total. The van der Waals surface area contributed by atoms with Crippen LogP contribution in [0.25, 0.3) is 5.57 Å². The maximum absolute atomic E-state index is 4.71. The lowest BCUT2D eigenvalue weighted by Gasteiger charge is -2.13. The van der Waals surface area contributed by atoms with E-state index < -0.39 is 0 Å². The maximum atomic E-state index is 4.71. The number of thiazole rings is 1. The van der Waals surface area contributed by atoms with E-state index in [4.69, 9.17) is 4.98 Å². The summed E-state index contributed by atoms with van der Waals surface area (Å²) in [6.45, 7) is 9.75. The number of rotatable bonds is 1. The minimum Gasteiger partial charge on any atom is -0.307 e. The van der Waals surface area contributed by atoms with Crippen LogP contribution in [0.4, 0.5) is 0 Å². The van der Waals surface area contributed by atoms with Crippen LogP contribution in [0.15, 0.2) is 11.5 Å². The van der Waals surface area contributed by atoms with Crippen LogP contribution < -0.4 is 5.32 Å². The van der Waals surface area contributed by atoms with Gasteiger partial charge in [-0.05, 0) is 12.5 Å². The molecular weight excluding hydrogens is 204 g/mol. The highest BCUT2D eigenvalue weighted by Crippen LogP contribution is 2.28. The van der Waals surface area contributed by atoms with Gasteiger partial charge < -0.3 is 5.32 Å². The summed E-state index contributed by atoms with van der Waals surface area (Å²) >= 11 is 1.76. The quantitative estimate of drug-likeness (QED) is 0.790. The molecule has 2 nitrogen and oxygen atoms in total. The van der Waals surface area contributed by atoms with Gasteiger partial charge in [-0.2, -0.15) is 0 Å². The van der Waals surface area contributed by atoms with Crippen molar-refractivity contribution in [2.45, 2.75) is 39.2 Å². The molecule has 0 aromatic carbocycles. The Morgan fingerprint density at radius 2 is 2.20 bits per heavy atom. The Hall–Kier alpha value is -0.670. The van der Waals surface area contributed by atoms with Crippen molar-refractivity contribution in [3.05, 3.63) is 22.2 Å². The molecule has 0 saturated carbocycles. The number of hydrogen-bond donors (Lipinski definition) is 1. The minimum atomic E-state index is 0.168. The van der Waals surface area contributed by atoms with Gasteiger partial charge in [-0.15, -0.1) is 11.3 Å². The number of nitrogens with zero attached hydrogens (tertiary/aromatic N) is 1. The van der Waals surface area contributed by atoms with Gasteiger partial charge in [0, 0.05) is 23.4 Å². The molecule has 0 radical (unpaired) electrons. The van der Waals surface area contributed by atoms with Crippen molar-refractivity contribution >= 4 is 16.9 Å². The zero-order valence-electron chi connectivity index (χ0n) is 9.79.